The van der Waals surface area contributed by atoms with Gasteiger partial charge in [-0.1, -0.05) is 227 Å². The van der Waals surface area contributed by atoms with Crippen molar-refractivity contribution >= 4 is 29.8 Å². The molecule has 3 saturated carbocycles. The lowest BCUT2D eigenvalue weighted by atomic mass is 9.47. The molecule has 0 radical (unpaired) electrons. The second-order valence-corrected chi connectivity index (χ2v) is 30.0. The number of amides is 1. The van der Waals surface area contributed by atoms with E-state index in [4.69, 9.17) is 14.2 Å². The molecule has 0 bridgehead atoms. The van der Waals surface area contributed by atoms with Crippen LogP contribution in [-0.2, 0) is 38.2 Å². The van der Waals surface area contributed by atoms with E-state index < -0.39 is 18.5 Å². The van der Waals surface area contributed by atoms with Crippen molar-refractivity contribution in [3.05, 3.63) is 11.6 Å². The van der Waals surface area contributed by atoms with Gasteiger partial charge in [0.15, 0.2) is 0 Å². The third-order valence-electron chi connectivity index (χ3n) is 22.3. The minimum absolute atomic E-state index is 0.0216. The molecule has 4 aliphatic carbocycles. The number of allylic oxidation sites excluding steroid dienone is 1. The van der Waals surface area contributed by atoms with Crippen molar-refractivity contribution in [3.63, 3.8) is 0 Å². The average molecular weight is 1250 g/mol. The third kappa shape index (κ3) is 31.7. The van der Waals surface area contributed by atoms with Crippen LogP contribution >= 0.6 is 0 Å². The molecule has 516 valence electrons. The molecule has 0 aromatic rings. The Kier molecular flexibility index (Phi) is 41.5. The third-order valence-corrected chi connectivity index (χ3v) is 22.3. The standard InChI is InChI=1S/C78H140N2O9/c1-8-11-14-17-20-21-22-28-41-60-87-74(84)47-35-30-40-59-79(57-38-27-23-26-34-48-75(85)88-67(44-31-24-18-15-12-9-2)45-32-25-19-16-13-10-3)58-39-29-33-46-72(81)80(62-73(82)83)63-76(86)89-68-53-55-78(7)66(61-68)49-51-69-70-52-50-65(43-37-36-42-64(4)5)77(70,6)56-54-71(69)78/h49,64-65,67-71H,8-48,50-63H2,1-7H3,(H,82,83). The summed E-state index contributed by atoms with van der Waals surface area (Å²) in [5, 5.41) is 9.84. The molecule has 3 fully saturated rings. The fourth-order valence-electron chi connectivity index (χ4n) is 16.7. The van der Waals surface area contributed by atoms with Crippen molar-refractivity contribution in [1.82, 2.24) is 9.80 Å². The van der Waals surface area contributed by atoms with Crippen LogP contribution in [0.3, 0.4) is 0 Å². The summed E-state index contributed by atoms with van der Waals surface area (Å²) >= 11 is 0. The fourth-order valence-corrected chi connectivity index (χ4v) is 16.7. The van der Waals surface area contributed by atoms with Crippen molar-refractivity contribution in [1.29, 1.82) is 0 Å². The Balaban J connectivity index is 1.19. The first kappa shape index (κ1) is 78.5. The van der Waals surface area contributed by atoms with Gasteiger partial charge in [-0.2, -0.15) is 0 Å². The zero-order chi connectivity index (χ0) is 64.4. The number of ether oxygens (including phenoxy) is 3. The van der Waals surface area contributed by atoms with Crippen LogP contribution in [0.2, 0.25) is 0 Å². The molecule has 0 aromatic carbocycles. The highest BCUT2D eigenvalue weighted by atomic mass is 16.5. The summed E-state index contributed by atoms with van der Waals surface area (Å²) in [5.41, 5.74) is 2.05. The Hall–Kier alpha value is -2.95. The number of fused-ring (bicyclic) bond motifs is 5. The Bertz CT molecular complexity index is 1920. The number of nitrogens with zero attached hydrogens (tertiary/aromatic N) is 2. The number of carbonyl (C=O) groups is 5. The van der Waals surface area contributed by atoms with Crippen LogP contribution in [-0.4, -0.2) is 96.2 Å². The van der Waals surface area contributed by atoms with E-state index in [0.29, 0.717) is 37.2 Å². The molecular weight excluding hydrogens is 1110 g/mol. The van der Waals surface area contributed by atoms with Gasteiger partial charge in [0.1, 0.15) is 25.3 Å². The summed E-state index contributed by atoms with van der Waals surface area (Å²) in [5.74, 6) is 1.83. The fraction of sp³-hybridized carbons (Fsp3) is 0.910. The van der Waals surface area contributed by atoms with Crippen molar-refractivity contribution < 1.29 is 43.3 Å². The molecule has 4 aliphatic rings. The SMILES string of the molecule is CCCCCCCCCCCOC(=O)CCCCCN(CCCCCCCC(=O)OC(CCCCCCCC)CCCCCCCC)CCCCCC(=O)N(CC(=O)O)CC(=O)OC1CCC2(C)C(=CCC3C2CCC2(C)C(CCCCC(C)C)CCC32)C1. The summed E-state index contributed by atoms with van der Waals surface area (Å²) in [7, 11) is 0. The first-order valence-corrected chi connectivity index (χ1v) is 38.6. The minimum Gasteiger partial charge on any atom is -0.480 e. The van der Waals surface area contributed by atoms with Crippen molar-refractivity contribution in [2.75, 3.05) is 39.3 Å². The number of esters is 3. The van der Waals surface area contributed by atoms with Crippen LogP contribution in [0, 0.1) is 40.4 Å². The number of carboxylic acids is 1. The van der Waals surface area contributed by atoms with Gasteiger partial charge in [-0.15, -0.1) is 0 Å². The molecule has 0 spiro atoms. The van der Waals surface area contributed by atoms with Crippen LogP contribution in [0.5, 0.6) is 0 Å². The lowest BCUT2D eigenvalue weighted by Gasteiger charge is -2.58. The summed E-state index contributed by atoms with van der Waals surface area (Å²) in [6, 6.07) is 0. The zero-order valence-electron chi connectivity index (χ0n) is 59.1. The molecule has 7 unspecified atom stereocenters. The second kappa shape index (κ2) is 47.0. The highest BCUT2D eigenvalue weighted by Gasteiger charge is 2.58. The predicted molar refractivity (Wildman–Crippen MR) is 368 cm³/mol. The van der Waals surface area contributed by atoms with E-state index in [-0.39, 0.29) is 48.4 Å². The lowest BCUT2D eigenvalue weighted by Crippen LogP contribution is -2.50. The molecule has 11 nitrogen and oxygen atoms in total. The van der Waals surface area contributed by atoms with E-state index in [9.17, 15) is 29.1 Å². The molecule has 1 N–H and O–H groups in total. The minimum atomic E-state index is -1.13. The maximum Gasteiger partial charge on any atom is 0.325 e. The number of hydrogen-bond donors (Lipinski definition) is 1. The van der Waals surface area contributed by atoms with Gasteiger partial charge in [-0.05, 0) is 182 Å². The van der Waals surface area contributed by atoms with Crippen LogP contribution in [0.1, 0.15) is 363 Å². The van der Waals surface area contributed by atoms with Gasteiger partial charge in [0.2, 0.25) is 5.91 Å². The van der Waals surface area contributed by atoms with Crippen LogP contribution in [0.15, 0.2) is 11.6 Å². The number of carbonyl (C=O) groups excluding carboxylic acids is 4. The maximum absolute atomic E-state index is 13.6. The smallest absolute Gasteiger partial charge is 0.325 e. The van der Waals surface area contributed by atoms with Gasteiger partial charge < -0.3 is 29.1 Å². The van der Waals surface area contributed by atoms with E-state index >= 15 is 0 Å². The van der Waals surface area contributed by atoms with E-state index in [2.05, 4.69) is 59.4 Å². The highest BCUT2D eigenvalue weighted by molar-refractivity contribution is 5.85. The zero-order valence-corrected chi connectivity index (χ0v) is 59.1. The summed E-state index contributed by atoms with van der Waals surface area (Å²) < 4.78 is 17.8. The van der Waals surface area contributed by atoms with Gasteiger partial charge in [0.25, 0.3) is 0 Å². The topological polar surface area (TPSA) is 140 Å². The van der Waals surface area contributed by atoms with Crippen molar-refractivity contribution in [2.24, 2.45) is 40.4 Å². The quantitative estimate of drug-likeness (QED) is 0.0271. The number of aliphatic carboxylic acids is 1. The molecule has 0 aliphatic heterocycles. The predicted octanol–water partition coefficient (Wildman–Crippen LogP) is 20.9. The molecule has 4 rings (SSSR count). The van der Waals surface area contributed by atoms with E-state index in [1.165, 1.54) is 171 Å². The van der Waals surface area contributed by atoms with Gasteiger partial charge in [-0.3, -0.25) is 24.0 Å². The van der Waals surface area contributed by atoms with Crippen molar-refractivity contribution in [2.45, 2.75) is 375 Å². The van der Waals surface area contributed by atoms with E-state index in [0.717, 1.165) is 172 Å². The van der Waals surface area contributed by atoms with E-state index in [1.54, 1.807) is 0 Å². The molecule has 0 saturated heterocycles. The Morgan fingerprint density at radius 3 is 1.64 bits per heavy atom. The molecule has 11 heteroatoms. The van der Waals surface area contributed by atoms with Crippen LogP contribution in [0.4, 0.5) is 0 Å². The molecular formula is C78H140N2O9. The largest absolute Gasteiger partial charge is 0.480 e. The number of carboxylic acid groups (broad SMARTS) is 1. The summed E-state index contributed by atoms with van der Waals surface area (Å²) in [6.45, 7) is 19.1. The average Bonchev–Trinajstić information content (AvgIpc) is 1.72. The highest BCUT2D eigenvalue weighted by Crippen LogP contribution is 2.67. The summed E-state index contributed by atoms with van der Waals surface area (Å²) in [6.07, 6.45) is 56.6. The molecule has 89 heavy (non-hydrogen) atoms. The lowest BCUT2D eigenvalue weighted by molar-refractivity contribution is -0.157. The Labute approximate surface area is 547 Å². The Morgan fingerprint density at radius 1 is 0.539 bits per heavy atom. The Morgan fingerprint density at radius 2 is 1.06 bits per heavy atom. The van der Waals surface area contributed by atoms with Crippen LogP contribution in [0.25, 0.3) is 0 Å². The number of hydrogen-bond acceptors (Lipinski definition) is 9. The van der Waals surface area contributed by atoms with Gasteiger partial charge >= 0.3 is 23.9 Å². The first-order chi connectivity index (χ1) is 43.1. The molecule has 7 atom stereocenters. The van der Waals surface area contributed by atoms with Gasteiger partial charge in [-0.25, -0.2) is 0 Å². The van der Waals surface area contributed by atoms with Gasteiger partial charge in [0.05, 0.1) is 6.61 Å². The van der Waals surface area contributed by atoms with E-state index in [1.807, 2.05) is 0 Å². The first-order valence-electron chi connectivity index (χ1n) is 38.6. The van der Waals surface area contributed by atoms with Crippen LogP contribution < -0.4 is 0 Å². The van der Waals surface area contributed by atoms with Crippen molar-refractivity contribution in [3.8, 4) is 0 Å². The number of rotatable bonds is 55. The molecule has 1 amide bonds. The number of unbranched alkanes of at least 4 members (excludes halogenated alkanes) is 27. The van der Waals surface area contributed by atoms with Gasteiger partial charge in [0, 0.05) is 25.7 Å². The monoisotopic (exact) mass is 1250 g/mol. The molecule has 0 aromatic heterocycles. The normalized spacial score (nSPS) is 22.2. The molecule has 0 heterocycles. The second-order valence-electron chi connectivity index (χ2n) is 30.0. The maximum atomic E-state index is 13.6. The summed E-state index contributed by atoms with van der Waals surface area (Å²) in [4.78, 5) is 68.6.